The van der Waals surface area contributed by atoms with Crippen LogP contribution in [0.3, 0.4) is 0 Å². The maximum Gasteiger partial charge on any atom is 0.336 e. The van der Waals surface area contributed by atoms with Gasteiger partial charge in [0.2, 0.25) is 0 Å². The van der Waals surface area contributed by atoms with E-state index in [1.165, 1.54) is 33.9 Å². The molecule has 0 saturated heterocycles. The fraction of sp³-hybridized carbons (Fsp3) is 0.286. The Morgan fingerprint density at radius 1 is 0.875 bits per heavy atom. The molecule has 2 aromatic carbocycles. The second-order valence-corrected chi connectivity index (χ2v) is 6.43. The van der Waals surface area contributed by atoms with Gasteiger partial charge >= 0.3 is 5.63 Å². The fourth-order valence-electron chi connectivity index (χ4n) is 3.07. The van der Waals surface area contributed by atoms with Crippen molar-refractivity contribution in [2.24, 2.45) is 0 Å². The van der Waals surface area contributed by atoms with E-state index in [2.05, 4.69) is 33.8 Å². The second-order valence-electron chi connectivity index (χ2n) is 6.43. The van der Waals surface area contributed by atoms with Gasteiger partial charge in [-0.25, -0.2) is 4.79 Å². The minimum absolute atomic E-state index is 0.335. The molecule has 24 heavy (non-hydrogen) atoms. The van der Waals surface area contributed by atoms with Crippen LogP contribution in [0.1, 0.15) is 33.4 Å². The topological polar surface area (TPSA) is 39.4 Å². The van der Waals surface area contributed by atoms with Gasteiger partial charge in [-0.2, -0.15) is 0 Å². The minimum atomic E-state index is -0.335. The van der Waals surface area contributed by atoms with Crippen LogP contribution in [-0.4, -0.2) is 0 Å². The van der Waals surface area contributed by atoms with E-state index in [0.717, 1.165) is 10.9 Å². The first kappa shape index (κ1) is 16.3. The second kappa shape index (κ2) is 6.16. The third-order valence-corrected chi connectivity index (χ3v) is 4.83. The van der Waals surface area contributed by atoms with Crippen molar-refractivity contribution in [2.75, 3.05) is 0 Å². The summed E-state index contributed by atoms with van der Waals surface area (Å²) in [6.45, 7) is 10.9. The Labute approximate surface area is 141 Å². The molecule has 3 aromatic rings. The van der Waals surface area contributed by atoms with Crippen LogP contribution in [0.5, 0.6) is 5.75 Å². The summed E-state index contributed by atoms with van der Waals surface area (Å²) in [5.41, 5.74) is 7.44. The summed E-state index contributed by atoms with van der Waals surface area (Å²) in [7, 11) is 0. The summed E-state index contributed by atoms with van der Waals surface area (Å²) < 4.78 is 11.3. The van der Waals surface area contributed by atoms with E-state index in [0.29, 0.717) is 17.9 Å². The van der Waals surface area contributed by atoms with Crippen molar-refractivity contribution in [3.8, 4) is 5.75 Å². The lowest BCUT2D eigenvalue weighted by atomic mass is 9.95. The molecule has 0 aliphatic carbocycles. The lowest BCUT2D eigenvalue weighted by molar-refractivity contribution is 0.304. The SMILES string of the molecule is Cc1cc(C)c(C)c(COc2ccc3c(C)cc(=O)oc3c2)c1C. The Kier molecular flexibility index (Phi) is 4.18. The lowest BCUT2D eigenvalue weighted by Gasteiger charge is -2.16. The monoisotopic (exact) mass is 322 g/mol. The van der Waals surface area contributed by atoms with E-state index in [9.17, 15) is 4.79 Å². The smallest absolute Gasteiger partial charge is 0.336 e. The van der Waals surface area contributed by atoms with E-state index in [1.807, 2.05) is 19.1 Å². The molecule has 0 N–H and O–H groups in total. The molecule has 3 rings (SSSR count). The maximum absolute atomic E-state index is 11.6. The van der Waals surface area contributed by atoms with Gasteiger partial charge in [-0.3, -0.25) is 0 Å². The van der Waals surface area contributed by atoms with Crippen LogP contribution in [0, 0.1) is 34.6 Å². The first-order valence-corrected chi connectivity index (χ1v) is 8.10. The highest BCUT2D eigenvalue weighted by Gasteiger charge is 2.10. The Bertz CT molecular complexity index is 954. The fourth-order valence-corrected chi connectivity index (χ4v) is 3.07. The number of rotatable bonds is 3. The predicted octanol–water partition coefficient (Wildman–Crippen LogP) is 4.91. The van der Waals surface area contributed by atoms with Gasteiger partial charge in [-0.1, -0.05) is 6.07 Å². The van der Waals surface area contributed by atoms with E-state index in [-0.39, 0.29) is 5.63 Å². The van der Waals surface area contributed by atoms with Crippen molar-refractivity contribution in [1.82, 2.24) is 0 Å². The van der Waals surface area contributed by atoms with E-state index >= 15 is 0 Å². The van der Waals surface area contributed by atoms with Gasteiger partial charge in [-0.15, -0.1) is 0 Å². The quantitative estimate of drug-likeness (QED) is 0.643. The molecule has 124 valence electrons. The van der Waals surface area contributed by atoms with Crippen LogP contribution >= 0.6 is 0 Å². The van der Waals surface area contributed by atoms with Crippen LogP contribution in [0.2, 0.25) is 0 Å². The molecule has 0 atom stereocenters. The summed E-state index contributed by atoms with van der Waals surface area (Å²) >= 11 is 0. The molecular weight excluding hydrogens is 300 g/mol. The Hall–Kier alpha value is -2.55. The third-order valence-electron chi connectivity index (χ3n) is 4.83. The van der Waals surface area contributed by atoms with Gasteiger partial charge in [0.25, 0.3) is 0 Å². The molecule has 0 radical (unpaired) electrons. The van der Waals surface area contributed by atoms with Gasteiger partial charge in [0.1, 0.15) is 17.9 Å². The van der Waals surface area contributed by atoms with Gasteiger partial charge in [-0.05, 0) is 80.1 Å². The highest BCUT2D eigenvalue weighted by atomic mass is 16.5. The molecule has 0 spiro atoms. The third kappa shape index (κ3) is 2.94. The van der Waals surface area contributed by atoms with E-state index in [1.54, 1.807) is 6.07 Å². The van der Waals surface area contributed by atoms with Crippen LogP contribution in [0.15, 0.2) is 39.5 Å². The molecule has 3 nitrogen and oxygen atoms in total. The number of ether oxygens (including phenoxy) is 1. The van der Waals surface area contributed by atoms with Gasteiger partial charge in [0.05, 0.1) is 0 Å². The average Bonchev–Trinajstić information content (AvgIpc) is 2.52. The van der Waals surface area contributed by atoms with Gasteiger partial charge in [0.15, 0.2) is 0 Å². The Balaban J connectivity index is 1.93. The number of hydrogen-bond acceptors (Lipinski definition) is 3. The summed E-state index contributed by atoms with van der Waals surface area (Å²) in [5, 5.41) is 0.931. The minimum Gasteiger partial charge on any atom is -0.489 e. The molecule has 0 unspecified atom stereocenters. The number of aryl methyl sites for hydroxylation is 3. The zero-order chi connectivity index (χ0) is 17.4. The summed E-state index contributed by atoms with van der Waals surface area (Å²) in [4.78, 5) is 11.6. The summed E-state index contributed by atoms with van der Waals surface area (Å²) in [6.07, 6.45) is 0. The van der Waals surface area contributed by atoms with Crippen LogP contribution in [0.4, 0.5) is 0 Å². The van der Waals surface area contributed by atoms with Crippen LogP contribution in [0.25, 0.3) is 11.0 Å². The molecule has 0 bridgehead atoms. The van der Waals surface area contributed by atoms with Crippen molar-refractivity contribution in [3.05, 3.63) is 74.1 Å². The van der Waals surface area contributed by atoms with E-state index < -0.39 is 0 Å². The zero-order valence-corrected chi connectivity index (χ0v) is 14.8. The number of fused-ring (bicyclic) bond motifs is 1. The molecule has 1 aromatic heterocycles. The standard InChI is InChI=1S/C21H22O3/c1-12-8-13(2)16(5)19(15(12)4)11-23-17-6-7-18-14(3)9-21(22)24-20(18)10-17/h6-10H,11H2,1-5H3. The van der Waals surface area contributed by atoms with Gasteiger partial charge in [0, 0.05) is 17.5 Å². The van der Waals surface area contributed by atoms with Crippen LogP contribution in [-0.2, 0) is 6.61 Å². The Morgan fingerprint density at radius 2 is 1.54 bits per heavy atom. The maximum atomic E-state index is 11.6. The zero-order valence-electron chi connectivity index (χ0n) is 14.8. The molecule has 0 fully saturated rings. The molecular formula is C21H22O3. The highest BCUT2D eigenvalue weighted by Crippen LogP contribution is 2.26. The van der Waals surface area contributed by atoms with Crippen molar-refractivity contribution in [3.63, 3.8) is 0 Å². The average molecular weight is 322 g/mol. The molecule has 0 aliphatic rings. The summed E-state index contributed by atoms with van der Waals surface area (Å²) in [5.74, 6) is 0.703. The normalized spacial score (nSPS) is 11.0. The predicted molar refractivity (Wildman–Crippen MR) is 96.9 cm³/mol. The summed E-state index contributed by atoms with van der Waals surface area (Å²) in [6, 6.07) is 9.36. The van der Waals surface area contributed by atoms with Crippen molar-refractivity contribution >= 4 is 11.0 Å². The number of hydrogen-bond donors (Lipinski definition) is 0. The van der Waals surface area contributed by atoms with Crippen molar-refractivity contribution in [2.45, 2.75) is 41.2 Å². The number of benzene rings is 2. The molecule has 3 heteroatoms. The lowest BCUT2D eigenvalue weighted by Crippen LogP contribution is -2.04. The first-order valence-electron chi connectivity index (χ1n) is 8.10. The van der Waals surface area contributed by atoms with Crippen molar-refractivity contribution in [1.29, 1.82) is 0 Å². The van der Waals surface area contributed by atoms with E-state index in [4.69, 9.17) is 9.15 Å². The molecule has 0 amide bonds. The highest BCUT2D eigenvalue weighted by molar-refractivity contribution is 5.81. The van der Waals surface area contributed by atoms with Crippen LogP contribution < -0.4 is 10.4 Å². The molecule has 1 heterocycles. The molecule has 0 saturated carbocycles. The Morgan fingerprint density at radius 3 is 2.21 bits per heavy atom. The molecule has 0 aliphatic heterocycles. The van der Waals surface area contributed by atoms with Gasteiger partial charge < -0.3 is 9.15 Å². The first-order chi connectivity index (χ1) is 11.4. The largest absolute Gasteiger partial charge is 0.489 e. The van der Waals surface area contributed by atoms with Crippen molar-refractivity contribution < 1.29 is 9.15 Å².